The molecule has 1 unspecified atom stereocenters. The van der Waals surface area contributed by atoms with Gasteiger partial charge in [0.15, 0.2) is 0 Å². The Hall–Kier alpha value is -4.00. The highest BCUT2D eigenvalue weighted by atomic mass is 19.3. The van der Waals surface area contributed by atoms with Crippen LogP contribution in [0.15, 0.2) is 60.7 Å². The molecule has 13 heteroatoms. The van der Waals surface area contributed by atoms with Gasteiger partial charge in [0.25, 0.3) is 5.91 Å². The maximum absolute atomic E-state index is 12.9. The Bertz CT molecular complexity index is 1140. The van der Waals surface area contributed by atoms with Crippen molar-refractivity contribution < 1.29 is 41.8 Å². The molecule has 2 aromatic carbocycles. The first kappa shape index (κ1) is 31.2. The number of benzene rings is 2. The predicted octanol–water partition coefficient (Wildman–Crippen LogP) is 2.69. The van der Waals surface area contributed by atoms with Gasteiger partial charge in [-0.15, -0.1) is 0 Å². The molecular formula is C26H30F4N4O5. The summed E-state index contributed by atoms with van der Waals surface area (Å²) in [4.78, 5) is 43.0. The Morgan fingerprint density at radius 2 is 1.23 bits per heavy atom. The van der Waals surface area contributed by atoms with E-state index < -0.39 is 35.8 Å². The lowest BCUT2D eigenvalue weighted by Gasteiger charge is -2.22. The van der Waals surface area contributed by atoms with Crippen molar-refractivity contribution in [3.8, 4) is 0 Å². The number of carboxylic acid groups (broad SMARTS) is 1. The molecule has 0 radical (unpaired) electrons. The standard InChI is InChI=1S/C13H14F2N2O2.C10H12N2O.C3H4F2O2/c1-13(14,15)12(19)16-9-7-10(18)17-11(9)8-5-3-2-4-6-8;11-8-6-9(13)12-10(8)7-4-2-1-3-5-7;1-3(4,5)2(6)7/h2-6,9,11H,7H2,1H3,(H,16,19)(H,17,18);1-5,8,10H,6,11H2,(H,12,13);1H3,(H,6,7)/t9-,11+;8?,10-;/m01./s1. The van der Waals surface area contributed by atoms with Crippen LogP contribution < -0.4 is 21.7 Å². The first-order chi connectivity index (χ1) is 18.1. The van der Waals surface area contributed by atoms with Crippen molar-refractivity contribution >= 4 is 23.7 Å². The quantitative estimate of drug-likeness (QED) is 0.359. The Labute approximate surface area is 222 Å². The minimum Gasteiger partial charge on any atom is -0.477 e. The molecule has 0 aliphatic carbocycles. The zero-order chi connectivity index (χ0) is 29.4. The van der Waals surface area contributed by atoms with Crippen LogP contribution in [-0.4, -0.2) is 52.7 Å². The van der Waals surface area contributed by atoms with Gasteiger partial charge in [0.2, 0.25) is 11.8 Å². The number of halogens is 4. The largest absolute Gasteiger partial charge is 0.477 e. The molecule has 6 N–H and O–H groups in total. The van der Waals surface area contributed by atoms with Crippen LogP contribution in [0.5, 0.6) is 0 Å². The molecule has 39 heavy (non-hydrogen) atoms. The summed E-state index contributed by atoms with van der Waals surface area (Å²) in [6, 6.07) is 17.5. The van der Waals surface area contributed by atoms with E-state index in [1.807, 2.05) is 36.4 Å². The average Bonchev–Trinajstić information content (AvgIpc) is 3.40. The van der Waals surface area contributed by atoms with Crippen molar-refractivity contribution in [1.82, 2.24) is 16.0 Å². The first-order valence-electron chi connectivity index (χ1n) is 11.8. The molecule has 0 saturated carbocycles. The van der Waals surface area contributed by atoms with Crippen LogP contribution >= 0.6 is 0 Å². The molecule has 212 valence electrons. The van der Waals surface area contributed by atoms with Gasteiger partial charge in [0.1, 0.15) is 0 Å². The normalized spacial score (nSPS) is 22.3. The van der Waals surface area contributed by atoms with Crippen molar-refractivity contribution in [2.24, 2.45) is 5.73 Å². The number of aliphatic carboxylic acids is 1. The van der Waals surface area contributed by atoms with Gasteiger partial charge >= 0.3 is 17.8 Å². The predicted molar refractivity (Wildman–Crippen MR) is 133 cm³/mol. The third-order valence-electron chi connectivity index (χ3n) is 5.70. The zero-order valence-electron chi connectivity index (χ0n) is 21.2. The second kappa shape index (κ2) is 13.2. The maximum atomic E-state index is 12.9. The van der Waals surface area contributed by atoms with E-state index >= 15 is 0 Å². The van der Waals surface area contributed by atoms with E-state index in [4.69, 9.17) is 10.8 Å². The number of alkyl halides is 4. The lowest BCUT2D eigenvalue weighted by Crippen LogP contribution is -2.45. The molecule has 0 bridgehead atoms. The summed E-state index contributed by atoms with van der Waals surface area (Å²) in [5, 5.41) is 15.3. The van der Waals surface area contributed by atoms with Gasteiger partial charge < -0.3 is 26.8 Å². The van der Waals surface area contributed by atoms with E-state index in [-0.39, 0.29) is 30.3 Å². The van der Waals surface area contributed by atoms with Gasteiger partial charge in [-0.05, 0) is 11.1 Å². The van der Waals surface area contributed by atoms with Gasteiger partial charge in [-0.2, -0.15) is 17.6 Å². The number of hydrogen-bond donors (Lipinski definition) is 5. The highest BCUT2D eigenvalue weighted by Gasteiger charge is 2.40. The SMILES string of the molecule is CC(F)(F)C(=O)N[C@H]1CC(=O)N[C@@H]1c1ccccc1.CC(F)(F)C(=O)O.NC1CC(=O)N[C@@H]1c1ccccc1. The maximum Gasteiger partial charge on any atom is 0.374 e. The minimum atomic E-state index is -3.58. The summed E-state index contributed by atoms with van der Waals surface area (Å²) in [6.07, 6.45) is 0.431. The molecule has 0 aromatic heterocycles. The van der Waals surface area contributed by atoms with E-state index in [0.717, 1.165) is 11.1 Å². The molecule has 2 saturated heterocycles. The number of carbonyl (C=O) groups excluding carboxylic acids is 3. The van der Waals surface area contributed by atoms with Crippen molar-refractivity contribution in [3.05, 3.63) is 71.8 Å². The van der Waals surface area contributed by atoms with Gasteiger partial charge in [-0.1, -0.05) is 60.7 Å². The van der Waals surface area contributed by atoms with Crippen LogP contribution in [0, 0.1) is 0 Å². The number of nitrogens with two attached hydrogens (primary N) is 1. The van der Waals surface area contributed by atoms with E-state index in [2.05, 4.69) is 16.0 Å². The molecule has 2 heterocycles. The number of amides is 3. The Morgan fingerprint density at radius 1 is 0.821 bits per heavy atom. The number of rotatable bonds is 5. The second-order valence-corrected chi connectivity index (χ2v) is 9.15. The van der Waals surface area contributed by atoms with Crippen molar-refractivity contribution in [2.45, 2.75) is 62.7 Å². The van der Waals surface area contributed by atoms with E-state index in [1.54, 1.807) is 24.3 Å². The Morgan fingerprint density at radius 3 is 1.62 bits per heavy atom. The molecule has 2 aliphatic rings. The van der Waals surface area contributed by atoms with Crippen LogP contribution in [0.4, 0.5) is 17.6 Å². The summed E-state index contributed by atoms with van der Waals surface area (Å²) in [7, 11) is 0. The fourth-order valence-electron chi connectivity index (χ4n) is 3.72. The summed E-state index contributed by atoms with van der Waals surface area (Å²) < 4.78 is 48.2. The zero-order valence-corrected chi connectivity index (χ0v) is 21.2. The molecule has 2 fully saturated rings. The lowest BCUT2D eigenvalue weighted by atomic mass is 10.0. The number of nitrogens with one attached hydrogen (secondary N) is 3. The Balaban J connectivity index is 0.000000230. The summed E-state index contributed by atoms with van der Waals surface area (Å²) >= 11 is 0. The molecule has 2 aliphatic heterocycles. The van der Waals surface area contributed by atoms with Crippen molar-refractivity contribution in [3.63, 3.8) is 0 Å². The third kappa shape index (κ3) is 9.67. The van der Waals surface area contributed by atoms with E-state index in [1.165, 1.54) is 0 Å². The Kier molecular flexibility index (Phi) is 10.6. The van der Waals surface area contributed by atoms with Crippen molar-refractivity contribution in [2.75, 3.05) is 0 Å². The average molecular weight is 555 g/mol. The summed E-state index contributed by atoms with van der Waals surface area (Å²) in [5.74, 6) is -10.7. The van der Waals surface area contributed by atoms with Crippen LogP contribution in [0.1, 0.15) is 49.9 Å². The third-order valence-corrected chi connectivity index (χ3v) is 5.70. The van der Waals surface area contributed by atoms with Crippen LogP contribution in [-0.2, 0) is 19.2 Å². The van der Waals surface area contributed by atoms with Crippen molar-refractivity contribution in [1.29, 1.82) is 0 Å². The van der Waals surface area contributed by atoms with Crippen LogP contribution in [0.25, 0.3) is 0 Å². The van der Waals surface area contributed by atoms with Gasteiger partial charge in [0.05, 0.1) is 18.1 Å². The molecule has 9 nitrogen and oxygen atoms in total. The van der Waals surface area contributed by atoms with E-state index in [9.17, 15) is 36.7 Å². The fraction of sp³-hybridized carbons (Fsp3) is 0.385. The second-order valence-electron chi connectivity index (χ2n) is 9.15. The molecule has 4 atom stereocenters. The summed E-state index contributed by atoms with van der Waals surface area (Å²) in [6.45, 7) is 0.861. The van der Waals surface area contributed by atoms with E-state index in [0.29, 0.717) is 20.3 Å². The minimum absolute atomic E-state index is 0.00137. The highest BCUT2D eigenvalue weighted by Crippen LogP contribution is 2.25. The van der Waals surface area contributed by atoms with Crippen LogP contribution in [0.2, 0.25) is 0 Å². The number of hydrogen-bond acceptors (Lipinski definition) is 5. The monoisotopic (exact) mass is 554 g/mol. The summed E-state index contributed by atoms with van der Waals surface area (Å²) in [5.41, 5.74) is 7.68. The van der Waals surface area contributed by atoms with Crippen LogP contribution in [0.3, 0.4) is 0 Å². The molecular weight excluding hydrogens is 524 g/mol. The molecule has 0 spiro atoms. The molecule has 3 amide bonds. The molecule has 2 aromatic rings. The van der Waals surface area contributed by atoms with Gasteiger partial charge in [-0.25, -0.2) is 4.79 Å². The first-order valence-corrected chi connectivity index (χ1v) is 11.8. The highest BCUT2D eigenvalue weighted by molar-refractivity contribution is 5.86. The van der Waals surface area contributed by atoms with Gasteiger partial charge in [-0.3, -0.25) is 14.4 Å². The fourth-order valence-corrected chi connectivity index (χ4v) is 3.72. The molecule has 4 rings (SSSR count). The lowest BCUT2D eigenvalue weighted by molar-refractivity contribution is -0.162. The number of carboxylic acids is 1. The topological polar surface area (TPSA) is 151 Å². The smallest absolute Gasteiger partial charge is 0.374 e. The van der Waals surface area contributed by atoms with Gasteiger partial charge in [0, 0.05) is 32.7 Å². The number of carbonyl (C=O) groups is 4.